The zero-order valence-corrected chi connectivity index (χ0v) is 23.9. The maximum atomic E-state index is 13.5. The fraction of sp³-hybridized carbons (Fsp3) is 0.515. The number of allylic oxidation sites excluding steroid dienone is 4. The topological polar surface area (TPSA) is 127 Å². The van der Waals surface area contributed by atoms with Gasteiger partial charge < -0.3 is 9.47 Å². The maximum Gasteiger partial charge on any atom is 0.329 e. The number of carbonyl (C=O) groups is 6. The average Bonchev–Trinajstić information content (AvgIpc) is 3.87. The first-order chi connectivity index (χ1) is 20.8. The number of likely N-dealkylation sites (tertiary alicyclic amines) is 2. The van der Waals surface area contributed by atoms with Gasteiger partial charge in [0.25, 0.3) is 0 Å². The number of benzene rings is 1. The van der Waals surface area contributed by atoms with Crippen LogP contribution in [0.1, 0.15) is 42.5 Å². The molecule has 1 aromatic carbocycles. The Kier molecular flexibility index (Phi) is 6.82. The zero-order valence-electron chi connectivity index (χ0n) is 23.9. The van der Waals surface area contributed by atoms with Crippen molar-refractivity contribution in [1.29, 1.82) is 0 Å². The molecular formula is C33H34N2O8. The third kappa shape index (κ3) is 4.36. The molecule has 6 aliphatic rings. The third-order valence-electron chi connectivity index (χ3n) is 10.5. The first-order valence-corrected chi connectivity index (χ1v) is 15.2. The van der Waals surface area contributed by atoms with Gasteiger partial charge in [0.2, 0.25) is 23.6 Å². The molecule has 4 aliphatic carbocycles. The molecular weight excluding hydrogens is 552 g/mol. The standard InChI is InChI=1S/C33H34N2O8/c1-42-22-11-9-17(10-12-22)24(36)16-43-33(41)23(35-31(39)27-20-7-8-21(15-20)28(27)32(35)40)4-2-3-13-34-29(37)25-18-5-6-19(14-18)26(25)30(34)38/h5-12,18-21,23,25-28H,2-4,13-16H2,1H3/t18-,19-,20-,21-,23+,25-,26-,27-,28+/m0/s1. The molecule has 4 bridgehead atoms. The summed E-state index contributed by atoms with van der Waals surface area (Å²) in [6, 6.07) is 5.22. The van der Waals surface area contributed by atoms with E-state index in [2.05, 4.69) is 12.2 Å². The fourth-order valence-corrected chi connectivity index (χ4v) is 8.47. The van der Waals surface area contributed by atoms with Crippen LogP contribution in [0, 0.1) is 47.3 Å². The highest BCUT2D eigenvalue weighted by Crippen LogP contribution is 2.54. The maximum absolute atomic E-state index is 13.5. The summed E-state index contributed by atoms with van der Waals surface area (Å²) in [5, 5.41) is 0. The lowest BCUT2D eigenvalue weighted by Gasteiger charge is -2.26. The number of ether oxygens (including phenoxy) is 2. The Labute approximate surface area is 249 Å². The van der Waals surface area contributed by atoms with E-state index in [1.54, 1.807) is 24.3 Å². The number of Topliss-reactive ketones (excluding diaryl/α,β-unsaturated/α-hetero) is 1. The highest BCUT2D eigenvalue weighted by molar-refractivity contribution is 6.09. The molecule has 0 aromatic heterocycles. The lowest BCUT2D eigenvalue weighted by molar-refractivity contribution is -0.159. The highest BCUT2D eigenvalue weighted by atomic mass is 16.5. The quantitative estimate of drug-likeness (QED) is 0.127. The molecule has 0 unspecified atom stereocenters. The number of amides is 4. The Morgan fingerprint density at radius 2 is 1.28 bits per heavy atom. The molecule has 2 aliphatic heterocycles. The van der Waals surface area contributed by atoms with Gasteiger partial charge in [-0.05, 0) is 80.0 Å². The van der Waals surface area contributed by atoms with Crippen LogP contribution in [-0.4, -0.2) is 71.5 Å². The minimum atomic E-state index is -1.18. The van der Waals surface area contributed by atoms with Gasteiger partial charge in [-0.3, -0.25) is 33.8 Å². The van der Waals surface area contributed by atoms with E-state index in [0.717, 1.165) is 17.7 Å². The summed E-state index contributed by atoms with van der Waals surface area (Å²) in [5.41, 5.74) is 0.337. The number of hydrogen-bond donors (Lipinski definition) is 0. The normalized spacial score (nSPS) is 33.5. The summed E-state index contributed by atoms with van der Waals surface area (Å²) in [6.45, 7) is -0.309. The monoisotopic (exact) mass is 586 g/mol. The van der Waals surface area contributed by atoms with Crippen molar-refractivity contribution >= 4 is 35.4 Å². The molecule has 9 atom stereocenters. The van der Waals surface area contributed by atoms with Gasteiger partial charge in [0, 0.05) is 12.1 Å². The second-order valence-electron chi connectivity index (χ2n) is 12.6. The van der Waals surface area contributed by atoms with Crippen LogP contribution in [0.15, 0.2) is 48.6 Å². The number of rotatable bonds is 11. The van der Waals surface area contributed by atoms with E-state index in [1.165, 1.54) is 12.0 Å². The van der Waals surface area contributed by atoms with E-state index < -0.39 is 36.2 Å². The van der Waals surface area contributed by atoms with E-state index in [1.807, 2.05) is 12.2 Å². The summed E-state index contributed by atoms with van der Waals surface area (Å²) < 4.78 is 10.5. The third-order valence-corrected chi connectivity index (χ3v) is 10.5. The smallest absolute Gasteiger partial charge is 0.329 e. The molecule has 2 saturated carbocycles. The SMILES string of the molecule is COc1ccc(C(=O)COC(=O)[C@@H](CCCCN2C(=O)[C@@H]3[C@@H](C2=O)[C@H]2C=C[C@H]3C2)N2C(=O)[C@@H]3[C@H](C2=O)[C@H]2C=C[C@H]3C2)cc1. The number of carbonyl (C=O) groups excluding carboxylic acids is 6. The van der Waals surface area contributed by atoms with Crippen LogP contribution < -0.4 is 4.74 Å². The van der Waals surface area contributed by atoms with Crippen molar-refractivity contribution in [3.05, 3.63) is 54.1 Å². The average molecular weight is 587 g/mol. The van der Waals surface area contributed by atoms with Gasteiger partial charge in [0.05, 0.1) is 30.8 Å². The van der Waals surface area contributed by atoms with Gasteiger partial charge in [0.15, 0.2) is 12.4 Å². The zero-order chi connectivity index (χ0) is 30.0. The van der Waals surface area contributed by atoms with E-state index in [-0.39, 0.29) is 72.1 Å². The van der Waals surface area contributed by atoms with E-state index in [9.17, 15) is 28.8 Å². The number of methoxy groups -OCH3 is 1. The lowest BCUT2D eigenvalue weighted by Crippen LogP contribution is -2.47. The van der Waals surface area contributed by atoms with Gasteiger partial charge in [0.1, 0.15) is 11.8 Å². The molecule has 4 fully saturated rings. The summed E-state index contributed by atoms with van der Waals surface area (Å²) in [6.07, 6.45) is 10.6. The van der Waals surface area contributed by atoms with Crippen LogP contribution in [0.5, 0.6) is 5.75 Å². The van der Waals surface area contributed by atoms with E-state index in [0.29, 0.717) is 24.2 Å². The van der Waals surface area contributed by atoms with Crippen LogP contribution in [0.2, 0.25) is 0 Å². The molecule has 0 N–H and O–H groups in total. The van der Waals surface area contributed by atoms with Crippen molar-refractivity contribution < 1.29 is 38.2 Å². The van der Waals surface area contributed by atoms with Crippen molar-refractivity contribution in [2.75, 3.05) is 20.3 Å². The van der Waals surface area contributed by atoms with Gasteiger partial charge in [-0.1, -0.05) is 24.3 Å². The van der Waals surface area contributed by atoms with Crippen LogP contribution in [0.4, 0.5) is 0 Å². The van der Waals surface area contributed by atoms with Gasteiger partial charge >= 0.3 is 5.97 Å². The Bertz CT molecular complexity index is 1400. The van der Waals surface area contributed by atoms with Crippen LogP contribution in [0.25, 0.3) is 0 Å². The van der Waals surface area contributed by atoms with E-state index in [4.69, 9.17) is 9.47 Å². The number of fused-ring (bicyclic) bond motifs is 10. The number of unbranched alkanes of at least 4 members (excludes halogenated alkanes) is 1. The summed E-state index contributed by atoms with van der Waals surface area (Å²) in [7, 11) is 1.52. The van der Waals surface area contributed by atoms with Crippen molar-refractivity contribution in [3.8, 4) is 5.75 Å². The minimum absolute atomic E-state index is 0.0128. The molecule has 4 amide bonds. The number of imide groups is 2. The molecule has 7 rings (SSSR count). The van der Waals surface area contributed by atoms with Crippen LogP contribution in [0.3, 0.4) is 0 Å². The molecule has 0 spiro atoms. The van der Waals surface area contributed by atoms with E-state index >= 15 is 0 Å². The van der Waals surface area contributed by atoms with Gasteiger partial charge in [-0.15, -0.1) is 0 Å². The van der Waals surface area contributed by atoms with Crippen LogP contribution >= 0.6 is 0 Å². The predicted octanol–water partition coefficient (Wildman–Crippen LogP) is 2.57. The molecule has 10 heteroatoms. The lowest BCUT2D eigenvalue weighted by atomic mass is 9.85. The van der Waals surface area contributed by atoms with Crippen molar-refractivity contribution in [1.82, 2.24) is 9.80 Å². The Morgan fingerprint density at radius 3 is 1.79 bits per heavy atom. The Morgan fingerprint density at radius 1 is 0.767 bits per heavy atom. The van der Waals surface area contributed by atoms with Crippen molar-refractivity contribution in [2.24, 2.45) is 47.3 Å². The largest absolute Gasteiger partial charge is 0.497 e. The molecule has 2 heterocycles. The summed E-state index contributed by atoms with van der Waals surface area (Å²) >= 11 is 0. The molecule has 1 aromatic rings. The first-order valence-electron chi connectivity index (χ1n) is 15.2. The minimum Gasteiger partial charge on any atom is -0.497 e. The number of ketones is 1. The number of nitrogens with zero attached hydrogens (tertiary/aromatic N) is 2. The highest BCUT2D eigenvalue weighted by Gasteiger charge is 2.61. The van der Waals surface area contributed by atoms with Crippen LogP contribution in [-0.2, 0) is 28.7 Å². The van der Waals surface area contributed by atoms with Gasteiger partial charge in [-0.2, -0.15) is 0 Å². The molecule has 43 heavy (non-hydrogen) atoms. The molecule has 224 valence electrons. The number of hydrogen-bond acceptors (Lipinski definition) is 8. The summed E-state index contributed by atoms with van der Waals surface area (Å²) in [5.74, 6) is -2.87. The Hall–Kier alpha value is -4.08. The molecule has 0 radical (unpaired) electrons. The first kappa shape index (κ1) is 27.7. The second kappa shape index (κ2) is 10.6. The van der Waals surface area contributed by atoms with Crippen molar-refractivity contribution in [2.45, 2.75) is 38.1 Å². The number of esters is 1. The molecule has 2 saturated heterocycles. The Balaban J connectivity index is 1.02. The second-order valence-corrected chi connectivity index (χ2v) is 12.6. The van der Waals surface area contributed by atoms with Gasteiger partial charge in [-0.25, -0.2) is 4.79 Å². The summed E-state index contributed by atoms with van der Waals surface area (Å²) in [4.78, 5) is 81.8. The van der Waals surface area contributed by atoms with Crippen molar-refractivity contribution in [3.63, 3.8) is 0 Å². The molecule has 10 nitrogen and oxygen atoms in total. The predicted molar refractivity (Wildman–Crippen MR) is 150 cm³/mol. The fourth-order valence-electron chi connectivity index (χ4n) is 8.47.